The van der Waals surface area contributed by atoms with E-state index in [4.69, 9.17) is 14.5 Å². The van der Waals surface area contributed by atoms with Crippen LogP contribution in [-0.2, 0) is 0 Å². The average molecular weight is 373 g/mol. The first kappa shape index (κ1) is 16.7. The summed E-state index contributed by atoms with van der Waals surface area (Å²) in [6.07, 6.45) is 10.3. The zero-order valence-electron chi connectivity index (χ0n) is 15.2. The summed E-state index contributed by atoms with van der Waals surface area (Å²) in [7, 11) is 0. The minimum absolute atomic E-state index is 0.0251. The molecular weight excluding hydrogens is 354 g/mol. The first-order valence-electron chi connectivity index (χ1n) is 9.36. The standard InChI is InChI=1S/C21H19N5O2/c27-21(18-7-12-28-14-18)25-10-5-16(6-11-25)20-23-19-2-1-17(13-26(19)24-20)15-3-8-22-9-4-15/h1-4,7-9,12-14,16H,5-6,10-11H2. The predicted octanol–water partition coefficient (Wildman–Crippen LogP) is 3.40. The molecule has 0 spiro atoms. The van der Waals surface area contributed by atoms with E-state index in [2.05, 4.69) is 11.1 Å². The van der Waals surface area contributed by atoms with E-state index in [1.165, 1.54) is 12.5 Å². The number of carbonyl (C=O) groups excluding carboxylic acids is 1. The molecule has 5 heterocycles. The molecule has 1 fully saturated rings. The van der Waals surface area contributed by atoms with Crippen molar-refractivity contribution < 1.29 is 9.21 Å². The number of fused-ring (bicyclic) bond motifs is 1. The third-order valence-electron chi connectivity index (χ3n) is 5.28. The highest BCUT2D eigenvalue weighted by atomic mass is 16.3. The molecule has 0 aromatic carbocycles. The summed E-state index contributed by atoms with van der Waals surface area (Å²) in [5, 5.41) is 4.71. The average Bonchev–Trinajstić information content (AvgIpc) is 3.43. The number of pyridine rings is 2. The molecule has 1 saturated heterocycles. The van der Waals surface area contributed by atoms with Crippen LogP contribution in [0.2, 0.25) is 0 Å². The molecule has 0 N–H and O–H groups in total. The van der Waals surface area contributed by atoms with Crippen LogP contribution in [0.1, 0.15) is 34.9 Å². The number of carbonyl (C=O) groups is 1. The van der Waals surface area contributed by atoms with Gasteiger partial charge in [0.2, 0.25) is 0 Å². The topological polar surface area (TPSA) is 76.5 Å². The van der Waals surface area contributed by atoms with Gasteiger partial charge in [0.25, 0.3) is 5.91 Å². The molecule has 0 unspecified atom stereocenters. The number of likely N-dealkylation sites (tertiary alicyclic amines) is 1. The van der Waals surface area contributed by atoms with Gasteiger partial charge in [-0.15, -0.1) is 0 Å². The molecule has 7 heteroatoms. The fraction of sp³-hybridized carbons (Fsp3) is 0.238. The molecule has 7 nitrogen and oxygen atoms in total. The summed E-state index contributed by atoms with van der Waals surface area (Å²) in [4.78, 5) is 23.1. The second-order valence-corrected chi connectivity index (χ2v) is 7.00. The van der Waals surface area contributed by atoms with Crippen LogP contribution in [0.25, 0.3) is 16.8 Å². The van der Waals surface area contributed by atoms with Crippen molar-refractivity contribution in [2.45, 2.75) is 18.8 Å². The van der Waals surface area contributed by atoms with Gasteiger partial charge in [0.05, 0.1) is 11.8 Å². The molecular formula is C21H19N5O2. The molecule has 28 heavy (non-hydrogen) atoms. The molecule has 0 bridgehead atoms. The Morgan fingerprint density at radius 1 is 1.04 bits per heavy atom. The Bertz CT molecular complexity index is 1100. The Morgan fingerprint density at radius 2 is 1.86 bits per heavy atom. The van der Waals surface area contributed by atoms with Gasteiger partial charge >= 0.3 is 0 Å². The highest BCUT2D eigenvalue weighted by Crippen LogP contribution is 2.27. The fourth-order valence-electron chi connectivity index (χ4n) is 3.70. The van der Waals surface area contributed by atoms with Crippen molar-refractivity contribution in [3.8, 4) is 11.1 Å². The van der Waals surface area contributed by atoms with Crippen LogP contribution in [0.5, 0.6) is 0 Å². The predicted molar refractivity (Wildman–Crippen MR) is 103 cm³/mol. The van der Waals surface area contributed by atoms with Crippen molar-refractivity contribution in [3.63, 3.8) is 0 Å². The van der Waals surface area contributed by atoms with E-state index in [0.717, 1.165) is 35.4 Å². The monoisotopic (exact) mass is 373 g/mol. The Morgan fingerprint density at radius 3 is 2.61 bits per heavy atom. The van der Waals surface area contributed by atoms with Gasteiger partial charge in [0.1, 0.15) is 6.26 Å². The quantitative estimate of drug-likeness (QED) is 0.550. The lowest BCUT2D eigenvalue weighted by molar-refractivity contribution is 0.0710. The minimum atomic E-state index is 0.0251. The summed E-state index contributed by atoms with van der Waals surface area (Å²) in [6.45, 7) is 1.40. The van der Waals surface area contributed by atoms with E-state index >= 15 is 0 Å². The van der Waals surface area contributed by atoms with Crippen LogP contribution in [-0.4, -0.2) is 43.5 Å². The van der Waals surface area contributed by atoms with E-state index in [1.54, 1.807) is 18.5 Å². The minimum Gasteiger partial charge on any atom is -0.472 e. The molecule has 0 atom stereocenters. The first-order valence-corrected chi connectivity index (χ1v) is 9.36. The van der Waals surface area contributed by atoms with Gasteiger partial charge < -0.3 is 9.32 Å². The smallest absolute Gasteiger partial charge is 0.257 e. The van der Waals surface area contributed by atoms with Gasteiger partial charge in [-0.1, -0.05) is 0 Å². The van der Waals surface area contributed by atoms with Crippen LogP contribution >= 0.6 is 0 Å². The summed E-state index contributed by atoms with van der Waals surface area (Å²) >= 11 is 0. The number of hydrogen-bond donors (Lipinski definition) is 0. The lowest BCUT2D eigenvalue weighted by Gasteiger charge is -2.30. The molecule has 1 aliphatic heterocycles. The SMILES string of the molecule is O=C(c1ccoc1)N1CCC(c2nc3ccc(-c4ccncc4)cn3n2)CC1. The van der Waals surface area contributed by atoms with Crippen LogP contribution < -0.4 is 0 Å². The zero-order valence-corrected chi connectivity index (χ0v) is 15.2. The van der Waals surface area contributed by atoms with Crippen molar-refractivity contribution in [2.24, 2.45) is 0 Å². The van der Waals surface area contributed by atoms with Gasteiger partial charge in [-0.25, -0.2) is 9.50 Å². The molecule has 1 aliphatic rings. The Hall–Kier alpha value is -3.48. The van der Waals surface area contributed by atoms with Crippen molar-refractivity contribution in [3.05, 3.63) is 72.8 Å². The third-order valence-corrected chi connectivity index (χ3v) is 5.28. The number of aromatic nitrogens is 4. The maximum Gasteiger partial charge on any atom is 0.257 e. The normalized spacial score (nSPS) is 15.2. The number of furan rings is 1. The number of piperidine rings is 1. The number of rotatable bonds is 3. The van der Waals surface area contributed by atoms with Gasteiger partial charge in [-0.05, 0) is 48.7 Å². The fourth-order valence-corrected chi connectivity index (χ4v) is 3.70. The molecule has 0 radical (unpaired) electrons. The molecule has 4 aromatic heterocycles. The molecule has 0 aliphatic carbocycles. The Balaban J connectivity index is 1.32. The van der Waals surface area contributed by atoms with Crippen LogP contribution in [0.3, 0.4) is 0 Å². The maximum absolute atomic E-state index is 12.4. The van der Waals surface area contributed by atoms with Gasteiger partial charge in [-0.2, -0.15) is 5.10 Å². The Labute approximate surface area is 161 Å². The van der Waals surface area contributed by atoms with Crippen LogP contribution in [0, 0.1) is 0 Å². The lowest BCUT2D eigenvalue weighted by Crippen LogP contribution is -2.37. The molecule has 0 saturated carbocycles. The lowest BCUT2D eigenvalue weighted by atomic mass is 9.96. The number of amides is 1. The van der Waals surface area contributed by atoms with Crippen molar-refractivity contribution in [1.82, 2.24) is 24.5 Å². The number of nitrogens with zero attached hydrogens (tertiary/aromatic N) is 5. The van der Waals surface area contributed by atoms with E-state index in [-0.39, 0.29) is 11.8 Å². The summed E-state index contributed by atoms with van der Waals surface area (Å²) in [6, 6.07) is 9.70. The second kappa shape index (κ2) is 6.92. The molecule has 140 valence electrons. The van der Waals surface area contributed by atoms with E-state index in [0.29, 0.717) is 18.7 Å². The summed E-state index contributed by atoms with van der Waals surface area (Å²) < 4.78 is 6.86. The third kappa shape index (κ3) is 3.05. The van der Waals surface area contributed by atoms with E-state index in [1.807, 2.05) is 33.8 Å². The second-order valence-electron chi connectivity index (χ2n) is 7.00. The zero-order chi connectivity index (χ0) is 18.9. The Kier molecular flexibility index (Phi) is 4.12. The highest BCUT2D eigenvalue weighted by Gasteiger charge is 2.27. The van der Waals surface area contributed by atoms with Crippen molar-refractivity contribution in [2.75, 3.05) is 13.1 Å². The van der Waals surface area contributed by atoms with Crippen molar-refractivity contribution >= 4 is 11.6 Å². The first-order chi connectivity index (χ1) is 13.8. The highest BCUT2D eigenvalue weighted by molar-refractivity contribution is 5.93. The van der Waals surface area contributed by atoms with Gasteiger partial charge in [0.15, 0.2) is 11.5 Å². The van der Waals surface area contributed by atoms with E-state index in [9.17, 15) is 4.79 Å². The maximum atomic E-state index is 12.4. The molecule has 5 rings (SSSR count). The molecule has 1 amide bonds. The number of hydrogen-bond acceptors (Lipinski definition) is 5. The summed E-state index contributed by atoms with van der Waals surface area (Å²) in [5.41, 5.74) is 3.62. The largest absolute Gasteiger partial charge is 0.472 e. The van der Waals surface area contributed by atoms with Crippen LogP contribution in [0.15, 0.2) is 65.9 Å². The van der Waals surface area contributed by atoms with E-state index < -0.39 is 0 Å². The van der Waals surface area contributed by atoms with Gasteiger partial charge in [-0.3, -0.25) is 9.78 Å². The van der Waals surface area contributed by atoms with Crippen molar-refractivity contribution in [1.29, 1.82) is 0 Å². The molecule has 4 aromatic rings. The van der Waals surface area contributed by atoms with Gasteiger partial charge in [0, 0.05) is 43.2 Å². The van der Waals surface area contributed by atoms with Crippen LogP contribution in [0.4, 0.5) is 0 Å². The summed E-state index contributed by atoms with van der Waals surface area (Å²) in [5.74, 6) is 1.14.